The zero-order valence-electron chi connectivity index (χ0n) is 16.2. The van der Waals surface area contributed by atoms with Gasteiger partial charge in [-0.2, -0.15) is 0 Å². The highest BCUT2D eigenvalue weighted by molar-refractivity contribution is 8.00. The smallest absolute Gasteiger partial charge is 0.339 e. The second-order valence-electron chi connectivity index (χ2n) is 6.35. The third-order valence-electron chi connectivity index (χ3n) is 3.97. The van der Waals surface area contributed by atoms with Gasteiger partial charge in [-0.25, -0.2) is 4.79 Å². The van der Waals surface area contributed by atoms with Crippen molar-refractivity contribution in [2.75, 3.05) is 26.5 Å². The maximum absolute atomic E-state index is 12.4. The van der Waals surface area contributed by atoms with Gasteiger partial charge in [-0.05, 0) is 24.6 Å². The summed E-state index contributed by atoms with van der Waals surface area (Å²) in [6.07, 6.45) is 0. The van der Waals surface area contributed by atoms with Gasteiger partial charge < -0.3 is 15.0 Å². The molecule has 7 heteroatoms. The van der Waals surface area contributed by atoms with E-state index in [9.17, 15) is 14.4 Å². The van der Waals surface area contributed by atoms with Gasteiger partial charge in [0.05, 0.1) is 17.4 Å². The first-order valence-electron chi connectivity index (χ1n) is 8.82. The van der Waals surface area contributed by atoms with E-state index in [1.165, 1.54) is 16.7 Å². The van der Waals surface area contributed by atoms with Crippen LogP contribution >= 0.6 is 11.8 Å². The number of hydrogen-bond donors (Lipinski definition) is 1. The summed E-state index contributed by atoms with van der Waals surface area (Å²) in [6.45, 7) is 1.49. The topological polar surface area (TPSA) is 75.7 Å². The number of carbonyl (C=O) groups is 3. The van der Waals surface area contributed by atoms with E-state index in [4.69, 9.17) is 4.74 Å². The number of nitrogens with zero attached hydrogens (tertiary/aromatic N) is 1. The van der Waals surface area contributed by atoms with E-state index in [0.717, 1.165) is 5.56 Å². The molecular formula is C21H24N2O4S. The molecule has 0 aromatic heterocycles. The number of hydrogen-bond acceptors (Lipinski definition) is 5. The molecule has 0 aliphatic heterocycles. The van der Waals surface area contributed by atoms with E-state index < -0.39 is 5.97 Å². The van der Waals surface area contributed by atoms with Gasteiger partial charge in [-0.3, -0.25) is 9.59 Å². The van der Waals surface area contributed by atoms with Crippen LogP contribution in [0.1, 0.15) is 28.9 Å². The van der Waals surface area contributed by atoms with E-state index in [2.05, 4.69) is 5.32 Å². The first-order chi connectivity index (χ1) is 13.4. The average Bonchev–Trinajstić information content (AvgIpc) is 2.70. The standard InChI is InChI=1S/C21H24N2O4S/c1-15(16-9-5-4-6-10-16)22-19(24)13-27-21(26)17-11-7-8-12-18(17)28-14-20(25)23(2)3/h4-12,15H,13-14H2,1-3H3,(H,22,24)/t15-/m0/s1. The lowest BCUT2D eigenvalue weighted by Crippen LogP contribution is -2.31. The lowest BCUT2D eigenvalue weighted by atomic mass is 10.1. The molecule has 6 nitrogen and oxygen atoms in total. The molecule has 0 fully saturated rings. The molecule has 2 aromatic carbocycles. The SMILES string of the molecule is C[C@H](NC(=O)COC(=O)c1ccccc1SCC(=O)N(C)C)c1ccccc1. The van der Waals surface area contributed by atoms with Gasteiger partial charge in [-0.1, -0.05) is 42.5 Å². The molecule has 0 aliphatic rings. The highest BCUT2D eigenvalue weighted by Crippen LogP contribution is 2.23. The van der Waals surface area contributed by atoms with Crippen LogP contribution in [-0.4, -0.2) is 49.1 Å². The van der Waals surface area contributed by atoms with Crippen LogP contribution in [0.3, 0.4) is 0 Å². The Morgan fingerprint density at radius 3 is 2.36 bits per heavy atom. The third-order valence-corrected chi connectivity index (χ3v) is 5.03. The Morgan fingerprint density at radius 2 is 1.68 bits per heavy atom. The molecule has 28 heavy (non-hydrogen) atoms. The first-order valence-corrected chi connectivity index (χ1v) is 9.80. The van der Waals surface area contributed by atoms with Crippen molar-refractivity contribution < 1.29 is 19.1 Å². The Balaban J connectivity index is 1.90. The molecule has 0 heterocycles. The van der Waals surface area contributed by atoms with Crippen molar-refractivity contribution >= 4 is 29.5 Å². The Bertz CT molecular complexity index is 824. The van der Waals surface area contributed by atoms with Crippen LogP contribution in [-0.2, 0) is 14.3 Å². The van der Waals surface area contributed by atoms with Crippen LogP contribution < -0.4 is 5.32 Å². The Kier molecular flexibility index (Phi) is 8.07. The molecule has 0 saturated heterocycles. The number of thioether (sulfide) groups is 1. The predicted octanol–water partition coefficient (Wildman–Crippen LogP) is 2.90. The lowest BCUT2D eigenvalue weighted by Gasteiger charge is -2.15. The lowest BCUT2D eigenvalue weighted by molar-refractivity contribution is -0.126. The quantitative estimate of drug-likeness (QED) is 0.545. The molecule has 0 unspecified atom stereocenters. The number of ether oxygens (including phenoxy) is 1. The maximum atomic E-state index is 12.4. The van der Waals surface area contributed by atoms with Crippen LogP contribution in [0, 0.1) is 0 Å². The third kappa shape index (κ3) is 6.42. The van der Waals surface area contributed by atoms with Gasteiger partial charge in [-0.15, -0.1) is 11.8 Å². The number of amides is 2. The van der Waals surface area contributed by atoms with Crippen LogP contribution in [0.4, 0.5) is 0 Å². The van der Waals surface area contributed by atoms with Gasteiger partial charge in [0.25, 0.3) is 5.91 Å². The summed E-state index contributed by atoms with van der Waals surface area (Å²) in [6, 6.07) is 16.2. The maximum Gasteiger partial charge on any atom is 0.339 e. The summed E-state index contributed by atoms with van der Waals surface area (Å²) >= 11 is 1.26. The minimum Gasteiger partial charge on any atom is -0.452 e. The van der Waals surface area contributed by atoms with Crippen LogP contribution in [0.15, 0.2) is 59.5 Å². The van der Waals surface area contributed by atoms with E-state index in [1.54, 1.807) is 38.4 Å². The van der Waals surface area contributed by atoms with Crippen LogP contribution in [0.5, 0.6) is 0 Å². The van der Waals surface area contributed by atoms with Crippen molar-refractivity contribution in [2.24, 2.45) is 0 Å². The molecular weight excluding hydrogens is 376 g/mol. The van der Waals surface area contributed by atoms with Crippen LogP contribution in [0.2, 0.25) is 0 Å². The van der Waals surface area contributed by atoms with Gasteiger partial charge in [0, 0.05) is 19.0 Å². The fourth-order valence-corrected chi connectivity index (χ4v) is 3.37. The number of benzene rings is 2. The first kappa shape index (κ1) is 21.5. The van der Waals surface area contributed by atoms with E-state index in [0.29, 0.717) is 10.5 Å². The van der Waals surface area contributed by atoms with Crippen molar-refractivity contribution in [3.8, 4) is 0 Å². The fourth-order valence-electron chi connectivity index (χ4n) is 2.35. The van der Waals surface area contributed by atoms with Crippen molar-refractivity contribution in [1.82, 2.24) is 10.2 Å². The summed E-state index contributed by atoms with van der Waals surface area (Å²) in [4.78, 5) is 38.4. The van der Waals surface area contributed by atoms with Crippen molar-refractivity contribution in [3.05, 3.63) is 65.7 Å². The second-order valence-corrected chi connectivity index (χ2v) is 7.37. The van der Waals surface area contributed by atoms with Crippen molar-refractivity contribution in [1.29, 1.82) is 0 Å². The Morgan fingerprint density at radius 1 is 1.04 bits per heavy atom. The summed E-state index contributed by atoms with van der Waals surface area (Å²) in [5.74, 6) is -0.810. The van der Waals surface area contributed by atoms with Gasteiger partial charge >= 0.3 is 5.97 Å². The molecule has 2 aromatic rings. The molecule has 0 bridgehead atoms. The zero-order chi connectivity index (χ0) is 20.5. The minimum atomic E-state index is -0.595. The number of carbonyl (C=O) groups excluding carboxylic acids is 3. The largest absolute Gasteiger partial charge is 0.452 e. The van der Waals surface area contributed by atoms with E-state index in [1.807, 2.05) is 37.3 Å². The normalized spacial score (nSPS) is 11.4. The van der Waals surface area contributed by atoms with Gasteiger partial charge in [0.15, 0.2) is 6.61 Å². The van der Waals surface area contributed by atoms with Crippen molar-refractivity contribution in [2.45, 2.75) is 17.9 Å². The number of rotatable bonds is 8. The highest BCUT2D eigenvalue weighted by atomic mass is 32.2. The zero-order valence-corrected chi connectivity index (χ0v) is 17.0. The van der Waals surface area contributed by atoms with Crippen LogP contribution in [0.25, 0.3) is 0 Å². The number of esters is 1. The summed E-state index contributed by atoms with van der Waals surface area (Å²) in [7, 11) is 3.36. The molecule has 148 valence electrons. The molecule has 1 N–H and O–H groups in total. The minimum absolute atomic E-state index is 0.0533. The Labute approximate surface area is 169 Å². The average molecular weight is 401 g/mol. The Hall–Kier alpha value is -2.80. The van der Waals surface area contributed by atoms with Crippen molar-refractivity contribution in [3.63, 3.8) is 0 Å². The summed E-state index contributed by atoms with van der Waals surface area (Å²) in [5, 5.41) is 2.80. The van der Waals surface area contributed by atoms with Gasteiger partial charge in [0.2, 0.25) is 5.91 Å². The fraction of sp³-hybridized carbons (Fsp3) is 0.286. The monoisotopic (exact) mass is 400 g/mol. The number of nitrogens with one attached hydrogen (secondary N) is 1. The summed E-state index contributed by atoms with van der Waals surface area (Å²) < 4.78 is 5.16. The van der Waals surface area contributed by atoms with Gasteiger partial charge in [0.1, 0.15) is 0 Å². The molecule has 0 spiro atoms. The molecule has 0 saturated carbocycles. The van der Waals surface area contributed by atoms with E-state index in [-0.39, 0.29) is 30.2 Å². The summed E-state index contributed by atoms with van der Waals surface area (Å²) in [5.41, 5.74) is 1.30. The highest BCUT2D eigenvalue weighted by Gasteiger charge is 2.17. The molecule has 0 aliphatic carbocycles. The predicted molar refractivity (Wildman–Crippen MR) is 109 cm³/mol. The van der Waals surface area contributed by atoms with E-state index >= 15 is 0 Å². The second kappa shape index (κ2) is 10.5. The molecule has 2 rings (SSSR count). The molecule has 1 atom stereocenters. The molecule has 0 radical (unpaired) electrons. The molecule has 2 amide bonds.